The number of aromatic nitrogens is 8. The van der Waals surface area contributed by atoms with E-state index in [1.807, 2.05) is 29.9 Å². The lowest BCUT2D eigenvalue weighted by molar-refractivity contribution is -0.0458. The molecule has 5 heterocycles. The average molecular weight is 699 g/mol. The first-order valence-electron chi connectivity index (χ1n) is 17.8. The molecule has 18 heteroatoms. The van der Waals surface area contributed by atoms with E-state index < -0.39 is 5.30 Å². The summed E-state index contributed by atoms with van der Waals surface area (Å²) in [6.45, 7) is 4.56. The zero-order chi connectivity index (χ0) is 36.1. The number of fused-ring (bicyclic) bond motifs is 2. The van der Waals surface area contributed by atoms with Crippen LogP contribution in [0.4, 0.5) is 11.6 Å². The monoisotopic (exact) mass is 699 g/mol. The molecule has 4 aromatic rings. The molecule has 2 aliphatic heterocycles. The Morgan fingerprint density at radius 2 is 1.73 bits per heavy atom. The van der Waals surface area contributed by atoms with Crippen molar-refractivity contribution < 1.29 is 18.9 Å². The molecule has 2 saturated heterocycles. The Hall–Kier alpha value is -4.46. The third kappa shape index (κ3) is 8.76. The van der Waals surface area contributed by atoms with E-state index in [0.717, 1.165) is 50.0 Å². The molecule has 15 nitrogen and oxygen atoms in total. The fourth-order valence-electron chi connectivity index (χ4n) is 7.44. The van der Waals surface area contributed by atoms with Gasteiger partial charge in [0, 0.05) is 49.1 Å². The SMILES string of the molecule is [B]C([B])([B])OCCCOc1nn(C2CCC(N3[C@@H]4CC[C@H]3COC4)CC2)cc1Nc1ncc(-c2ccc(C#N)c(O[C@@H](C)Cn3cnnn3)c2)cn1. The van der Waals surface area contributed by atoms with Crippen molar-refractivity contribution in [2.75, 3.05) is 31.7 Å². The summed E-state index contributed by atoms with van der Waals surface area (Å²) >= 11 is 0. The highest BCUT2D eigenvalue weighted by atomic mass is 16.5. The fourth-order valence-corrected chi connectivity index (χ4v) is 7.44. The summed E-state index contributed by atoms with van der Waals surface area (Å²) in [7, 11) is 16.6. The van der Waals surface area contributed by atoms with E-state index in [0.29, 0.717) is 66.5 Å². The molecule has 0 amide bonds. The minimum Gasteiger partial charge on any atom is -0.487 e. The van der Waals surface area contributed by atoms with Crippen LogP contribution in [0.5, 0.6) is 11.6 Å². The van der Waals surface area contributed by atoms with Crippen LogP contribution in [-0.4, -0.2) is 124 Å². The number of nitriles is 1. The van der Waals surface area contributed by atoms with E-state index in [9.17, 15) is 5.26 Å². The third-order valence-corrected chi connectivity index (χ3v) is 9.83. The normalized spacial score (nSPS) is 22.5. The molecule has 7 rings (SSSR count). The van der Waals surface area contributed by atoms with Crippen molar-refractivity contribution >= 4 is 35.2 Å². The number of benzene rings is 1. The van der Waals surface area contributed by atoms with Gasteiger partial charge in [-0.1, -0.05) is 6.07 Å². The maximum atomic E-state index is 9.69. The summed E-state index contributed by atoms with van der Waals surface area (Å²) in [6.07, 6.45) is 13.9. The summed E-state index contributed by atoms with van der Waals surface area (Å²) in [6, 6.07) is 9.51. The minimum absolute atomic E-state index is 0.228. The van der Waals surface area contributed by atoms with Crippen molar-refractivity contribution in [1.29, 1.82) is 5.26 Å². The van der Waals surface area contributed by atoms with E-state index in [2.05, 4.69) is 41.8 Å². The molecule has 3 aliphatic rings. The Labute approximate surface area is 307 Å². The van der Waals surface area contributed by atoms with Crippen LogP contribution in [0.3, 0.4) is 0 Å². The second kappa shape index (κ2) is 16.1. The molecule has 2 bridgehead atoms. The second-order valence-electron chi connectivity index (χ2n) is 13.8. The van der Waals surface area contributed by atoms with Crippen LogP contribution in [-0.2, 0) is 16.0 Å². The molecular formula is C34H40B3N11O4. The Balaban J connectivity index is 1.03. The van der Waals surface area contributed by atoms with E-state index >= 15 is 0 Å². The van der Waals surface area contributed by atoms with Gasteiger partial charge in [-0.3, -0.25) is 9.58 Å². The Morgan fingerprint density at radius 3 is 2.42 bits per heavy atom. The minimum atomic E-state index is -1.70. The first kappa shape index (κ1) is 35.9. The van der Waals surface area contributed by atoms with Crippen molar-refractivity contribution in [2.45, 2.75) is 94.0 Å². The number of hydrogen-bond donors (Lipinski definition) is 1. The van der Waals surface area contributed by atoms with E-state index in [1.165, 1.54) is 19.2 Å². The maximum absolute atomic E-state index is 9.69. The molecule has 6 radical (unpaired) electrons. The highest BCUT2D eigenvalue weighted by molar-refractivity contribution is 6.58. The number of tetrazole rings is 1. The number of ether oxygens (including phenoxy) is 4. The molecule has 3 atom stereocenters. The molecule has 3 fully saturated rings. The van der Waals surface area contributed by atoms with Crippen LogP contribution in [0.2, 0.25) is 0 Å². The smallest absolute Gasteiger partial charge is 0.256 e. The van der Waals surface area contributed by atoms with Gasteiger partial charge in [0.1, 0.15) is 29.9 Å². The highest BCUT2D eigenvalue weighted by Crippen LogP contribution is 2.39. The molecule has 0 unspecified atom stereocenters. The lowest BCUT2D eigenvalue weighted by atomic mass is 9.52. The van der Waals surface area contributed by atoms with Gasteiger partial charge in [-0.25, -0.2) is 14.6 Å². The fraction of sp³-hybridized carbons (Fsp3) is 0.559. The molecule has 52 heavy (non-hydrogen) atoms. The number of hydrogen-bond acceptors (Lipinski definition) is 13. The van der Waals surface area contributed by atoms with Gasteiger partial charge in [0.15, 0.2) is 0 Å². The van der Waals surface area contributed by atoms with Crippen molar-refractivity contribution in [3.8, 4) is 28.8 Å². The van der Waals surface area contributed by atoms with Crippen molar-refractivity contribution in [3.05, 3.63) is 48.7 Å². The first-order valence-corrected chi connectivity index (χ1v) is 17.8. The highest BCUT2D eigenvalue weighted by Gasteiger charge is 2.42. The van der Waals surface area contributed by atoms with Crippen molar-refractivity contribution in [2.24, 2.45) is 0 Å². The van der Waals surface area contributed by atoms with Crippen LogP contribution in [0.25, 0.3) is 11.1 Å². The molecule has 3 aromatic heterocycles. The van der Waals surface area contributed by atoms with Crippen LogP contribution in [0, 0.1) is 11.3 Å². The van der Waals surface area contributed by atoms with Gasteiger partial charge in [-0.05, 0) is 78.9 Å². The predicted molar refractivity (Wildman–Crippen MR) is 192 cm³/mol. The number of rotatable bonds is 15. The van der Waals surface area contributed by atoms with Gasteiger partial charge in [0.25, 0.3) is 5.88 Å². The van der Waals surface area contributed by atoms with Gasteiger partial charge < -0.3 is 24.3 Å². The molecule has 1 aromatic carbocycles. The van der Waals surface area contributed by atoms with Crippen molar-refractivity contribution in [1.82, 2.24) is 44.9 Å². The summed E-state index contributed by atoms with van der Waals surface area (Å²) in [4.78, 5) is 11.9. The molecule has 1 aliphatic carbocycles. The number of anilines is 2. The largest absolute Gasteiger partial charge is 0.487 e. The van der Waals surface area contributed by atoms with E-state index in [4.69, 9.17) is 47.6 Å². The average Bonchev–Trinajstić information content (AvgIpc) is 3.86. The molecule has 1 N–H and O–H groups in total. The topological polar surface area (TPSA) is 163 Å². The summed E-state index contributed by atoms with van der Waals surface area (Å²) in [5.41, 5.74) is 2.61. The van der Waals surface area contributed by atoms with Gasteiger partial charge in [0.05, 0.1) is 67.7 Å². The first-order chi connectivity index (χ1) is 25.2. The van der Waals surface area contributed by atoms with E-state index in [1.54, 1.807) is 23.1 Å². The molecule has 0 spiro atoms. The number of nitrogens with zero attached hydrogens (tertiary/aromatic N) is 10. The zero-order valence-corrected chi connectivity index (χ0v) is 29.3. The molecular weight excluding hydrogens is 659 g/mol. The summed E-state index contributed by atoms with van der Waals surface area (Å²) in [5, 5.41) is 27.4. The number of nitrogens with one attached hydrogen (secondary N) is 1. The molecule has 264 valence electrons. The third-order valence-electron chi connectivity index (χ3n) is 9.83. The lowest BCUT2D eigenvalue weighted by Crippen LogP contribution is -2.52. The second-order valence-corrected chi connectivity index (χ2v) is 13.8. The van der Waals surface area contributed by atoms with Crippen LogP contribution in [0.1, 0.15) is 63.5 Å². The predicted octanol–water partition coefficient (Wildman–Crippen LogP) is 2.66. The Kier molecular flexibility index (Phi) is 11.1. The Bertz CT molecular complexity index is 1790. The lowest BCUT2D eigenvalue weighted by Gasteiger charge is -2.43. The quantitative estimate of drug-likeness (QED) is 0.143. The van der Waals surface area contributed by atoms with Crippen LogP contribution in [0.15, 0.2) is 43.1 Å². The zero-order valence-electron chi connectivity index (χ0n) is 29.3. The van der Waals surface area contributed by atoms with Crippen LogP contribution < -0.4 is 14.8 Å². The van der Waals surface area contributed by atoms with Gasteiger partial charge in [-0.2, -0.15) is 5.26 Å². The maximum Gasteiger partial charge on any atom is 0.256 e. The van der Waals surface area contributed by atoms with Gasteiger partial charge >= 0.3 is 0 Å². The van der Waals surface area contributed by atoms with Crippen molar-refractivity contribution in [3.63, 3.8) is 0 Å². The Morgan fingerprint density at radius 1 is 1.00 bits per heavy atom. The summed E-state index contributed by atoms with van der Waals surface area (Å²) < 4.78 is 26.9. The van der Waals surface area contributed by atoms with E-state index in [-0.39, 0.29) is 18.8 Å². The number of morpholine rings is 1. The molecule has 1 saturated carbocycles. The van der Waals surface area contributed by atoms with Gasteiger partial charge in [-0.15, -0.1) is 10.2 Å². The standard InChI is InChI=1S/C34H40B3N11O4/c1-22(17-46-21-41-44-45-46)52-31-13-23(3-4-24(31)14-38)25-15-39-33(40-16-25)42-30-18-47(43-32(30)50-11-2-12-51-34(35,36)37)26-5-7-27(8-6-26)48-28-9-10-29(48)20-49-19-28/h3-4,13,15-16,18,21-22,26-29H,2,5-12,17,19-20H2,1H3,(H,39,40,42)/t22-,26?,27?,28-,29+/m0/s1. The van der Waals surface area contributed by atoms with Crippen LogP contribution >= 0.6 is 0 Å². The summed E-state index contributed by atoms with van der Waals surface area (Å²) in [5.74, 6) is 1.26. The van der Waals surface area contributed by atoms with Gasteiger partial charge in [0.2, 0.25) is 5.95 Å².